The summed E-state index contributed by atoms with van der Waals surface area (Å²) in [7, 11) is 0. The van der Waals surface area contributed by atoms with Crippen LogP contribution in [-0.2, 0) is 10.4 Å². The molecule has 1 unspecified atom stereocenters. The highest BCUT2D eigenvalue weighted by Gasteiger charge is 2.44. The van der Waals surface area contributed by atoms with Gasteiger partial charge in [-0.3, -0.25) is 4.79 Å². The van der Waals surface area contributed by atoms with Gasteiger partial charge in [-0.2, -0.15) is 0 Å². The van der Waals surface area contributed by atoms with Crippen LogP contribution in [0.5, 0.6) is 0 Å². The second-order valence-electron chi connectivity index (χ2n) is 11.4. The molecule has 10 heteroatoms. The molecule has 0 aliphatic carbocycles. The molecule has 0 spiro atoms. The lowest BCUT2D eigenvalue weighted by Crippen LogP contribution is -2.53. The van der Waals surface area contributed by atoms with Crippen molar-refractivity contribution in [2.75, 3.05) is 45.9 Å². The molecule has 2 aromatic carbocycles. The van der Waals surface area contributed by atoms with Crippen molar-refractivity contribution in [2.24, 2.45) is 17.6 Å². The number of aliphatic hydroxyl groups is 2. The number of nitrogens with zero attached hydrogens (tertiary/aromatic N) is 2. The van der Waals surface area contributed by atoms with E-state index in [1.807, 2.05) is 4.90 Å². The zero-order valence-corrected chi connectivity index (χ0v) is 23.7. The lowest BCUT2D eigenvalue weighted by atomic mass is 9.72. The molecule has 2 aliphatic rings. The number of hydrogen-bond donors (Lipinski definition) is 4. The molecule has 0 bridgehead atoms. The molecule has 8 nitrogen and oxygen atoms in total. The minimum atomic E-state index is -1.62. The maximum Gasteiger partial charge on any atom is 0.320 e. The van der Waals surface area contributed by atoms with Crippen LogP contribution < -0.4 is 11.1 Å². The maximum atomic E-state index is 15.6. The summed E-state index contributed by atoms with van der Waals surface area (Å²) in [6, 6.07) is 8.78. The fourth-order valence-electron chi connectivity index (χ4n) is 6.29. The van der Waals surface area contributed by atoms with Crippen molar-refractivity contribution >= 4 is 11.9 Å². The lowest BCUT2D eigenvalue weighted by Gasteiger charge is -2.45. The van der Waals surface area contributed by atoms with E-state index < -0.39 is 35.7 Å². The molecule has 3 amide bonds. The number of likely N-dealkylation sites (tertiary alicyclic amines) is 2. The summed E-state index contributed by atoms with van der Waals surface area (Å²) in [5.74, 6) is -1.82. The van der Waals surface area contributed by atoms with E-state index >= 15 is 8.78 Å². The van der Waals surface area contributed by atoms with Crippen LogP contribution in [0.1, 0.15) is 49.7 Å². The van der Waals surface area contributed by atoms with E-state index in [-0.39, 0.29) is 42.2 Å². The molecule has 4 rings (SSSR count). The van der Waals surface area contributed by atoms with Gasteiger partial charge in [0.25, 0.3) is 0 Å². The van der Waals surface area contributed by atoms with Gasteiger partial charge in [0.05, 0.1) is 5.60 Å². The molecule has 2 aromatic rings. The second-order valence-corrected chi connectivity index (χ2v) is 11.4. The number of nitrogens with one attached hydrogen (secondary N) is 1. The summed E-state index contributed by atoms with van der Waals surface area (Å²) in [6.45, 7) is 4.04. The van der Waals surface area contributed by atoms with Gasteiger partial charge < -0.3 is 31.1 Å². The van der Waals surface area contributed by atoms with Gasteiger partial charge >= 0.3 is 6.03 Å². The van der Waals surface area contributed by atoms with Crippen LogP contribution in [0, 0.1) is 30.4 Å². The summed E-state index contributed by atoms with van der Waals surface area (Å²) in [6.07, 6.45) is 3.42. The number of nitrogens with two attached hydrogens (primary N) is 1. The fourth-order valence-corrected chi connectivity index (χ4v) is 6.29. The zero-order valence-electron chi connectivity index (χ0n) is 23.7. The molecule has 0 saturated carbocycles. The molecular formula is C31H42F2N4O4. The lowest BCUT2D eigenvalue weighted by molar-refractivity contribution is -0.123. The Morgan fingerprint density at radius 1 is 1.07 bits per heavy atom. The van der Waals surface area contributed by atoms with Gasteiger partial charge in [0.1, 0.15) is 18.2 Å². The van der Waals surface area contributed by atoms with Crippen LogP contribution in [0.25, 0.3) is 11.1 Å². The van der Waals surface area contributed by atoms with Gasteiger partial charge in [-0.05, 0) is 81.7 Å². The number of urea groups is 1. The predicted molar refractivity (Wildman–Crippen MR) is 153 cm³/mol. The molecule has 0 radical (unpaired) electrons. The van der Waals surface area contributed by atoms with Crippen LogP contribution in [0.3, 0.4) is 0 Å². The van der Waals surface area contributed by atoms with E-state index in [1.54, 1.807) is 30.0 Å². The quantitative estimate of drug-likeness (QED) is 0.343. The Hall–Kier alpha value is -3.08. The molecule has 0 aromatic heterocycles. The Morgan fingerprint density at radius 3 is 2.54 bits per heavy atom. The molecule has 2 fully saturated rings. The van der Waals surface area contributed by atoms with E-state index in [4.69, 9.17) is 10.8 Å². The van der Waals surface area contributed by atoms with Crippen molar-refractivity contribution in [3.8, 4) is 11.1 Å². The number of amides is 3. The number of halogens is 2. The molecular weight excluding hydrogens is 530 g/mol. The topological polar surface area (TPSA) is 119 Å². The number of carbonyl (C=O) groups excluding carboxylic acids is 2. The SMILES string of the molecule is Cc1ccc(F)c(-c2c(F)cccc2C(O)(CCCNC(=O)CO)[C@@H]2CCCN(C(=O)N3CCC(CN)CC3)C2)c1. The van der Waals surface area contributed by atoms with Crippen LogP contribution in [0.15, 0.2) is 36.4 Å². The highest BCUT2D eigenvalue weighted by molar-refractivity contribution is 5.77. The van der Waals surface area contributed by atoms with Gasteiger partial charge in [-0.15, -0.1) is 0 Å². The van der Waals surface area contributed by atoms with E-state index in [0.717, 1.165) is 18.4 Å². The van der Waals surface area contributed by atoms with E-state index in [1.165, 1.54) is 18.2 Å². The van der Waals surface area contributed by atoms with E-state index in [0.29, 0.717) is 51.4 Å². The van der Waals surface area contributed by atoms with Crippen molar-refractivity contribution in [3.63, 3.8) is 0 Å². The number of aliphatic hydroxyl groups excluding tert-OH is 1. The molecule has 224 valence electrons. The van der Waals surface area contributed by atoms with Crippen molar-refractivity contribution < 1.29 is 28.6 Å². The van der Waals surface area contributed by atoms with Crippen LogP contribution in [0.4, 0.5) is 13.6 Å². The second kappa shape index (κ2) is 13.7. The van der Waals surface area contributed by atoms with Crippen LogP contribution in [0.2, 0.25) is 0 Å². The Morgan fingerprint density at radius 2 is 1.83 bits per heavy atom. The Kier molecular flexibility index (Phi) is 10.3. The fraction of sp³-hybridized carbons (Fsp3) is 0.548. The first-order valence-corrected chi connectivity index (χ1v) is 14.6. The zero-order chi connectivity index (χ0) is 29.6. The molecule has 2 saturated heterocycles. The summed E-state index contributed by atoms with van der Waals surface area (Å²) in [5, 5.41) is 24.2. The standard InChI is InChI=1S/C31H42F2N4O4/c1-21-8-9-26(32)24(17-21)29-25(6-2-7-27(29)33)31(41,12-4-13-35-28(39)20-38)23-5-3-14-37(19-23)30(40)36-15-10-22(18-34)11-16-36/h2,6-9,17,22-23,38,41H,3-5,10-16,18-20,34H2,1H3,(H,35,39)/t23-,31?/m1/s1. The average Bonchev–Trinajstić information content (AvgIpc) is 3.00. The highest BCUT2D eigenvalue weighted by Crippen LogP contribution is 2.45. The minimum Gasteiger partial charge on any atom is -0.387 e. The predicted octanol–water partition coefficient (Wildman–Crippen LogP) is 3.52. The largest absolute Gasteiger partial charge is 0.387 e. The van der Waals surface area contributed by atoms with E-state index in [2.05, 4.69) is 5.32 Å². The Bertz CT molecular complexity index is 1220. The minimum absolute atomic E-state index is 0.00269. The Balaban J connectivity index is 1.67. The molecule has 2 aliphatic heterocycles. The number of piperidine rings is 2. The van der Waals surface area contributed by atoms with Crippen LogP contribution in [-0.4, -0.2) is 77.8 Å². The van der Waals surface area contributed by atoms with Gasteiger partial charge in [-0.1, -0.05) is 23.8 Å². The molecule has 5 N–H and O–H groups in total. The first kappa shape index (κ1) is 30.9. The van der Waals surface area contributed by atoms with Gasteiger partial charge in [0.2, 0.25) is 5.91 Å². The molecule has 2 heterocycles. The molecule has 2 atom stereocenters. The number of benzene rings is 2. The van der Waals surface area contributed by atoms with Gasteiger partial charge in [-0.25, -0.2) is 13.6 Å². The summed E-state index contributed by atoms with van der Waals surface area (Å²) in [5.41, 5.74) is 5.28. The number of hydrogen-bond acceptors (Lipinski definition) is 5. The third-order valence-electron chi connectivity index (χ3n) is 8.66. The Labute approximate surface area is 240 Å². The van der Waals surface area contributed by atoms with Crippen molar-refractivity contribution in [1.29, 1.82) is 0 Å². The van der Waals surface area contributed by atoms with E-state index in [9.17, 15) is 14.7 Å². The average molecular weight is 573 g/mol. The summed E-state index contributed by atoms with van der Waals surface area (Å²) in [4.78, 5) is 28.7. The number of rotatable bonds is 9. The first-order chi connectivity index (χ1) is 19.7. The van der Waals surface area contributed by atoms with Gasteiger partial charge in [0.15, 0.2) is 0 Å². The normalized spacial score (nSPS) is 19.6. The first-order valence-electron chi connectivity index (χ1n) is 14.6. The van der Waals surface area contributed by atoms with Gasteiger partial charge in [0, 0.05) is 49.8 Å². The third kappa shape index (κ3) is 7.05. The molecule has 41 heavy (non-hydrogen) atoms. The summed E-state index contributed by atoms with van der Waals surface area (Å²) >= 11 is 0. The third-order valence-corrected chi connectivity index (χ3v) is 8.66. The number of carbonyl (C=O) groups is 2. The maximum absolute atomic E-state index is 15.6. The van der Waals surface area contributed by atoms with Crippen molar-refractivity contribution in [2.45, 2.75) is 51.0 Å². The summed E-state index contributed by atoms with van der Waals surface area (Å²) < 4.78 is 30.7. The monoisotopic (exact) mass is 572 g/mol. The van der Waals surface area contributed by atoms with Crippen molar-refractivity contribution in [1.82, 2.24) is 15.1 Å². The highest BCUT2D eigenvalue weighted by atomic mass is 19.1. The van der Waals surface area contributed by atoms with Crippen LogP contribution >= 0.6 is 0 Å². The van der Waals surface area contributed by atoms with Crippen molar-refractivity contribution in [3.05, 3.63) is 59.2 Å². The number of aryl methyl sites for hydroxylation is 1. The smallest absolute Gasteiger partial charge is 0.320 e.